The van der Waals surface area contributed by atoms with Crippen molar-refractivity contribution in [2.24, 2.45) is 5.92 Å². The van der Waals surface area contributed by atoms with Gasteiger partial charge in [0.1, 0.15) is 11.6 Å². The molecule has 1 aromatic carbocycles. The van der Waals surface area contributed by atoms with Crippen LogP contribution in [0, 0.1) is 5.92 Å². The normalized spacial score (nSPS) is 20.9. The third-order valence-electron chi connectivity index (χ3n) is 7.91. The molecular formula is C29H38N4O2. The summed E-state index contributed by atoms with van der Waals surface area (Å²) in [5.41, 5.74) is 4.83. The summed E-state index contributed by atoms with van der Waals surface area (Å²) in [6.45, 7) is 7.90. The van der Waals surface area contributed by atoms with Crippen LogP contribution >= 0.6 is 0 Å². The summed E-state index contributed by atoms with van der Waals surface area (Å²) >= 11 is 0. The molecule has 1 unspecified atom stereocenters. The standard InChI is InChI=1S/C29H38N4O2/c1-21(30-25-11-3-2-4-12-25)26-13-14-27(32-16-7-8-22(19-32)18-28(34)35)31-29(26)33-17-15-23-9-5-6-10-24(23)20-33/h5-6,9-10,13-14,22,25,30H,1-4,7-8,11-12,15-20H2,(H,34,35). The summed E-state index contributed by atoms with van der Waals surface area (Å²) in [4.78, 5) is 21.2. The summed E-state index contributed by atoms with van der Waals surface area (Å²) in [5, 5.41) is 13.0. The van der Waals surface area contributed by atoms with E-state index in [4.69, 9.17) is 4.98 Å². The zero-order valence-corrected chi connectivity index (χ0v) is 20.7. The number of hydrogen-bond acceptors (Lipinski definition) is 5. The molecule has 1 atom stereocenters. The summed E-state index contributed by atoms with van der Waals surface area (Å²) in [7, 11) is 0. The van der Waals surface area contributed by atoms with Gasteiger partial charge in [0.05, 0.1) is 0 Å². The Morgan fingerprint density at radius 1 is 1.00 bits per heavy atom. The largest absolute Gasteiger partial charge is 0.481 e. The van der Waals surface area contributed by atoms with Crippen LogP contribution in [0.3, 0.4) is 0 Å². The van der Waals surface area contributed by atoms with E-state index in [1.54, 1.807) is 0 Å². The van der Waals surface area contributed by atoms with E-state index < -0.39 is 5.97 Å². The Morgan fingerprint density at radius 2 is 1.80 bits per heavy atom. The van der Waals surface area contributed by atoms with E-state index in [2.05, 4.69) is 58.1 Å². The molecule has 3 heterocycles. The van der Waals surface area contributed by atoms with Gasteiger partial charge in [0, 0.05) is 49.9 Å². The number of hydrogen-bond donors (Lipinski definition) is 2. The quantitative estimate of drug-likeness (QED) is 0.573. The monoisotopic (exact) mass is 474 g/mol. The summed E-state index contributed by atoms with van der Waals surface area (Å²) in [6, 6.07) is 13.5. The lowest BCUT2D eigenvalue weighted by Gasteiger charge is -2.36. The van der Waals surface area contributed by atoms with Crippen molar-refractivity contribution in [2.45, 2.75) is 70.4 Å². The predicted molar refractivity (Wildman–Crippen MR) is 142 cm³/mol. The zero-order valence-electron chi connectivity index (χ0n) is 20.7. The van der Waals surface area contributed by atoms with E-state index in [-0.39, 0.29) is 12.3 Å². The number of aliphatic carboxylic acids is 1. The van der Waals surface area contributed by atoms with Crippen molar-refractivity contribution in [3.8, 4) is 0 Å². The van der Waals surface area contributed by atoms with Gasteiger partial charge < -0.3 is 20.2 Å². The van der Waals surface area contributed by atoms with Crippen LogP contribution in [0.2, 0.25) is 0 Å². The molecule has 1 saturated carbocycles. The van der Waals surface area contributed by atoms with Crippen molar-refractivity contribution < 1.29 is 9.90 Å². The van der Waals surface area contributed by atoms with Crippen LogP contribution in [0.4, 0.5) is 11.6 Å². The molecule has 2 fully saturated rings. The van der Waals surface area contributed by atoms with Crippen molar-refractivity contribution in [3.63, 3.8) is 0 Å². The second-order valence-electron chi connectivity index (χ2n) is 10.5. The Kier molecular flexibility index (Phi) is 7.26. The second-order valence-corrected chi connectivity index (χ2v) is 10.5. The molecule has 0 amide bonds. The third-order valence-corrected chi connectivity index (χ3v) is 7.91. The third kappa shape index (κ3) is 5.63. The number of rotatable bonds is 7. The Balaban J connectivity index is 1.42. The number of fused-ring (bicyclic) bond motifs is 1. The lowest BCUT2D eigenvalue weighted by atomic mass is 9.94. The van der Waals surface area contributed by atoms with E-state index in [0.29, 0.717) is 6.04 Å². The highest BCUT2D eigenvalue weighted by molar-refractivity contribution is 5.74. The Labute approximate surface area is 209 Å². The van der Waals surface area contributed by atoms with Crippen LogP contribution in [0.15, 0.2) is 43.0 Å². The number of anilines is 2. The van der Waals surface area contributed by atoms with E-state index >= 15 is 0 Å². The number of piperidine rings is 1. The van der Waals surface area contributed by atoms with Crippen molar-refractivity contribution in [3.05, 3.63) is 59.7 Å². The smallest absolute Gasteiger partial charge is 0.303 e. The summed E-state index contributed by atoms with van der Waals surface area (Å²) < 4.78 is 0. The van der Waals surface area contributed by atoms with Gasteiger partial charge in [-0.2, -0.15) is 0 Å². The molecule has 6 heteroatoms. The van der Waals surface area contributed by atoms with Gasteiger partial charge in [-0.3, -0.25) is 4.79 Å². The van der Waals surface area contributed by atoms with E-state index in [1.807, 2.05) is 0 Å². The lowest BCUT2D eigenvalue weighted by molar-refractivity contribution is -0.138. The van der Waals surface area contributed by atoms with Crippen LogP contribution in [0.5, 0.6) is 0 Å². The molecule has 0 spiro atoms. The molecular weight excluding hydrogens is 436 g/mol. The second kappa shape index (κ2) is 10.7. The van der Waals surface area contributed by atoms with Gasteiger partial charge in [-0.05, 0) is 61.3 Å². The van der Waals surface area contributed by atoms with Crippen LogP contribution < -0.4 is 15.1 Å². The van der Waals surface area contributed by atoms with Gasteiger partial charge in [-0.15, -0.1) is 0 Å². The molecule has 2 aromatic rings. The minimum atomic E-state index is -0.710. The maximum atomic E-state index is 11.3. The lowest BCUT2D eigenvalue weighted by Crippen LogP contribution is -2.38. The van der Waals surface area contributed by atoms with Crippen LogP contribution in [-0.2, 0) is 17.8 Å². The zero-order chi connectivity index (χ0) is 24.2. The average molecular weight is 475 g/mol. The van der Waals surface area contributed by atoms with Gasteiger partial charge in [-0.25, -0.2) is 4.98 Å². The van der Waals surface area contributed by atoms with Crippen LogP contribution in [0.25, 0.3) is 5.70 Å². The number of nitrogens with one attached hydrogen (secondary N) is 1. The van der Waals surface area contributed by atoms with Crippen molar-refractivity contribution >= 4 is 23.3 Å². The highest BCUT2D eigenvalue weighted by Crippen LogP contribution is 2.33. The molecule has 5 rings (SSSR count). The summed E-state index contributed by atoms with van der Waals surface area (Å²) in [6.07, 6.45) is 9.52. The molecule has 2 aliphatic heterocycles. The van der Waals surface area contributed by atoms with Crippen molar-refractivity contribution in [1.82, 2.24) is 10.3 Å². The minimum Gasteiger partial charge on any atom is -0.481 e. The Hall–Kier alpha value is -3.02. The number of carboxylic acid groups (broad SMARTS) is 1. The van der Waals surface area contributed by atoms with Gasteiger partial charge >= 0.3 is 5.97 Å². The van der Waals surface area contributed by atoms with Gasteiger partial charge in [0.25, 0.3) is 0 Å². The first-order valence-electron chi connectivity index (χ1n) is 13.3. The fourth-order valence-electron chi connectivity index (χ4n) is 6.03. The first kappa shape index (κ1) is 23.7. The molecule has 1 aromatic heterocycles. The van der Waals surface area contributed by atoms with E-state index in [1.165, 1.54) is 43.2 Å². The van der Waals surface area contributed by atoms with Gasteiger partial charge in [0.2, 0.25) is 0 Å². The predicted octanol–water partition coefficient (Wildman–Crippen LogP) is 5.23. The molecule has 0 radical (unpaired) electrons. The highest BCUT2D eigenvalue weighted by atomic mass is 16.4. The molecule has 186 valence electrons. The fraction of sp³-hybridized carbons (Fsp3) is 0.517. The van der Waals surface area contributed by atoms with Crippen LogP contribution in [-0.4, -0.2) is 41.7 Å². The molecule has 6 nitrogen and oxygen atoms in total. The van der Waals surface area contributed by atoms with Crippen LogP contribution in [0.1, 0.15) is 68.1 Å². The average Bonchev–Trinajstić information content (AvgIpc) is 2.88. The first-order chi connectivity index (χ1) is 17.1. The van der Waals surface area contributed by atoms with Gasteiger partial charge in [-0.1, -0.05) is 50.1 Å². The minimum absolute atomic E-state index is 0.177. The topological polar surface area (TPSA) is 68.7 Å². The first-order valence-corrected chi connectivity index (χ1v) is 13.3. The van der Waals surface area contributed by atoms with Crippen molar-refractivity contribution in [1.29, 1.82) is 0 Å². The maximum Gasteiger partial charge on any atom is 0.303 e. The summed E-state index contributed by atoms with van der Waals surface area (Å²) in [5.74, 6) is 1.41. The Morgan fingerprint density at radius 3 is 2.60 bits per heavy atom. The number of benzene rings is 1. The molecule has 1 saturated heterocycles. The SMILES string of the molecule is C=C(NC1CCCCC1)c1ccc(N2CCCC(CC(=O)O)C2)nc1N1CCc2ccccc2C1. The molecule has 35 heavy (non-hydrogen) atoms. The van der Waals surface area contributed by atoms with Crippen molar-refractivity contribution in [2.75, 3.05) is 29.4 Å². The van der Waals surface area contributed by atoms with E-state index in [9.17, 15) is 9.90 Å². The van der Waals surface area contributed by atoms with E-state index in [0.717, 1.165) is 68.3 Å². The molecule has 2 N–H and O–H groups in total. The van der Waals surface area contributed by atoms with Gasteiger partial charge in [0.15, 0.2) is 0 Å². The highest BCUT2D eigenvalue weighted by Gasteiger charge is 2.26. The number of nitrogens with zero attached hydrogens (tertiary/aromatic N) is 3. The molecule has 1 aliphatic carbocycles. The fourth-order valence-corrected chi connectivity index (χ4v) is 6.03. The maximum absolute atomic E-state index is 11.3. The number of carboxylic acids is 1. The number of pyridine rings is 1. The number of aromatic nitrogens is 1. The Bertz CT molecular complexity index is 1060. The number of carbonyl (C=O) groups is 1. The molecule has 0 bridgehead atoms. The molecule has 3 aliphatic rings.